The van der Waals surface area contributed by atoms with Crippen molar-refractivity contribution in [2.24, 2.45) is 0 Å². The Bertz CT molecular complexity index is 213. The maximum atomic E-state index is 8.93. The summed E-state index contributed by atoms with van der Waals surface area (Å²) in [6.07, 6.45) is 0. The average Bonchev–Trinajstić information content (AvgIpc) is 2.06. The molecular weight excluding hydrogens is 179 g/mol. The first-order valence-electron chi connectivity index (χ1n) is 4.47. The summed E-state index contributed by atoms with van der Waals surface area (Å²) in [6.45, 7) is 8.58. The second kappa shape index (κ2) is 6.12. The van der Waals surface area contributed by atoms with Crippen LogP contribution in [0.2, 0.25) is 0 Å². The van der Waals surface area contributed by atoms with Crippen LogP contribution in [0.5, 0.6) is 0 Å². The van der Waals surface area contributed by atoms with E-state index in [-0.39, 0.29) is 6.61 Å². The van der Waals surface area contributed by atoms with Crippen molar-refractivity contribution in [3.63, 3.8) is 0 Å². The molecule has 13 heavy (non-hydrogen) atoms. The zero-order chi connectivity index (χ0) is 10.3. The molecule has 0 fully saturated rings. The van der Waals surface area contributed by atoms with Crippen molar-refractivity contribution >= 4 is 12.6 Å². The van der Waals surface area contributed by atoms with E-state index in [4.69, 9.17) is 5.11 Å². The van der Waals surface area contributed by atoms with Gasteiger partial charge in [-0.25, -0.2) is 0 Å². The molecule has 0 radical (unpaired) electrons. The molecule has 0 heterocycles. The number of hydrogen-bond donors (Lipinski definition) is 0. The van der Waals surface area contributed by atoms with Crippen LogP contribution in [-0.4, -0.2) is 26.6 Å². The summed E-state index contributed by atoms with van der Waals surface area (Å²) < 4.78 is 0. The number of hydrogen-bond acceptors (Lipinski definition) is 1. The van der Waals surface area contributed by atoms with Crippen LogP contribution < -0.4 is 10.4 Å². The fourth-order valence-electron chi connectivity index (χ4n) is 0.875. The Kier molecular flexibility index (Phi) is 5.94. The van der Waals surface area contributed by atoms with Gasteiger partial charge in [-0.2, -0.15) is 0 Å². The van der Waals surface area contributed by atoms with E-state index < -0.39 is 7.26 Å². The molecule has 0 aliphatic rings. The van der Waals surface area contributed by atoms with Crippen molar-refractivity contribution in [3.8, 4) is 0 Å². The molecule has 0 N–H and O–H groups in total. The fourth-order valence-corrected chi connectivity index (χ4v) is 1.94. The van der Waals surface area contributed by atoms with E-state index >= 15 is 0 Å². The van der Waals surface area contributed by atoms with E-state index in [1.807, 2.05) is 0 Å². The van der Waals surface area contributed by atoms with E-state index in [2.05, 4.69) is 50.3 Å². The van der Waals surface area contributed by atoms with Gasteiger partial charge in [-0.05, 0) is 12.1 Å². The van der Waals surface area contributed by atoms with Crippen LogP contribution in [-0.2, 0) is 0 Å². The van der Waals surface area contributed by atoms with Crippen molar-refractivity contribution < 1.29 is 5.11 Å². The topological polar surface area (TPSA) is 23.1 Å². The summed E-state index contributed by atoms with van der Waals surface area (Å²) in [6, 6.07) is 10.7. The standard InChI is InChI=1S/C9H14P.C2H5O/c1-10(2,3)9-7-5-4-6-8-9;1-2-3/h4-8H,1-3H3;2H2,1H3/q+1;-1. The Morgan fingerprint density at radius 3 is 1.69 bits per heavy atom. The van der Waals surface area contributed by atoms with E-state index in [1.54, 1.807) is 6.92 Å². The Balaban J connectivity index is 0.000000424. The second-order valence-corrected chi connectivity index (χ2v) is 8.18. The SMILES string of the molecule is CC[O-].C[P+](C)(C)c1ccccc1. The first kappa shape index (κ1) is 12.6. The lowest BCUT2D eigenvalue weighted by Gasteiger charge is -2.10. The minimum atomic E-state index is -0.768. The lowest BCUT2D eigenvalue weighted by Crippen LogP contribution is -2.05. The van der Waals surface area contributed by atoms with Crippen LogP contribution in [0.25, 0.3) is 0 Å². The molecule has 0 aromatic heterocycles. The second-order valence-electron chi connectivity index (χ2n) is 3.64. The van der Waals surface area contributed by atoms with Crippen molar-refractivity contribution in [1.29, 1.82) is 0 Å². The van der Waals surface area contributed by atoms with Gasteiger partial charge in [0.05, 0.1) is 25.3 Å². The normalized spacial score (nSPS) is 10.2. The van der Waals surface area contributed by atoms with Crippen molar-refractivity contribution in [2.75, 3.05) is 26.6 Å². The zero-order valence-electron chi connectivity index (χ0n) is 8.95. The summed E-state index contributed by atoms with van der Waals surface area (Å²) in [4.78, 5) is 0. The van der Waals surface area contributed by atoms with Crippen molar-refractivity contribution in [1.82, 2.24) is 0 Å². The lowest BCUT2D eigenvalue weighted by molar-refractivity contribution is -0.361. The number of rotatable bonds is 1. The van der Waals surface area contributed by atoms with E-state index in [1.165, 1.54) is 5.30 Å². The van der Waals surface area contributed by atoms with Gasteiger partial charge in [0.15, 0.2) is 0 Å². The molecule has 1 aromatic carbocycles. The molecule has 74 valence electrons. The van der Waals surface area contributed by atoms with Gasteiger partial charge in [0, 0.05) is 7.26 Å². The Labute approximate surface area is 82.1 Å². The van der Waals surface area contributed by atoms with Gasteiger partial charge >= 0.3 is 0 Å². The van der Waals surface area contributed by atoms with Gasteiger partial charge in [0.25, 0.3) is 0 Å². The van der Waals surface area contributed by atoms with Crippen LogP contribution >= 0.6 is 7.26 Å². The fraction of sp³-hybridized carbons (Fsp3) is 0.455. The molecule has 0 saturated carbocycles. The van der Waals surface area contributed by atoms with Gasteiger partial charge in [-0.3, -0.25) is 0 Å². The highest BCUT2D eigenvalue weighted by atomic mass is 31.2. The van der Waals surface area contributed by atoms with Crippen LogP contribution in [0.4, 0.5) is 0 Å². The third-order valence-corrected chi connectivity index (χ3v) is 3.38. The summed E-state index contributed by atoms with van der Waals surface area (Å²) in [5.41, 5.74) is 0. The van der Waals surface area contributed by atoms with Gasteiger partial charge in [-0.1, -0.05) is 25.1 Å². The first-order chi connectivity index (χ1) is 6.02. The molecule has 0 spiro atoms. The molecule has 0 amide bonds. The van der Waals surface area contributed by atoms with Gasteiger partial charge in [-0.15, -0.1) is 6.61 Å². The van der Waals surface area contributed by atoms with Crippen molar-refractivity contribution in [3.05, 3.63) is 30.3 Å². The summed E-state index contributed by atoms with van der Waals surface area (Å²) in [5, 5.41) is 10.4. The summed E-state index contributed by atoms with van der Waals surface area (Å²) in [5.74, 6) is 0. The highest BCUT2D eigenvalue weighted by Crippen LogP contribution is 2.44. The molecule has 1 aromatic rings. The molecule has 0 saturated heterocycles. The minimum Gasteiger partial charge on any atom is -0.855 e. The van der Waals surface area contributed by atoms with Crippen molar-refractivity contribution in [2.45, 2.75) is 6.92 Å². The third kappa shape index (κ3) is 5.79. The molecule has 0 bridgehead atoms. The molecule has 1 rings (SSSR count). The van der Waals surface area contributed by atoms with E-state index in [0.717, 1.165) is 0 Å². The first-order valence-corrected chi connectivity index (χ1v) is 7.60. The molecule has 2 heteroatoms. The Morgan fingerprint density at radius 2 is 1.46 bits per heavy atom. The lowest BCUT2D eigenvalue weighted by atomic mass is 10.4. The Hall–Kier alpha value is -0.390. The molecule has 0 unspecified atom stereocenters. The predicted octanol–water partition coefficient (Wildman–Crippen LogP) is 1.59. The number of benzene rings is 1. The van der Waals surface area contributed by atoms with Crippen LogP contribution in [0.15, 0.2) is 30.3 Å². The monoisotopic (exact) mass is 198 g/mol. The maximum Gasteiger partial charge on any atom is 0.0930 e. The summed E-state index contributed by atoms with van der Waals surface area (Å²) >= 11 is 0. The van der Waals surface area contributed by atoms with Crippen LogP contribution in [0.1, 0.15) is 6.92 Å². The molecular formula is C11H19OP. The largest absolute Gasteiger partial charge is 0.855 e. The molecule has 0 atom stereocenters. The van der Waals surface area contributed by atoms with Crippen LogP contribution in [0.3, 0.4) is 0 Å². The zero-order valence-corrected chi connectivity index (χ0v) is 9.84. The highest BCUT2D eigenvalue weighted by molar-refractivity contribution is 7.80. The Morgan fingerprint density at radius 1 is 1.08 bits per heavy atom. The van der Waals surface area contributed by atoms with Gasteiger partial charge < -0.3 is 5.11 Å². The van der Waals surface area contributed by atoms with E-state index in [9.17, 15) is 0 Å². The average molecular weight is 198 g/mol. The molecule has 0 aliphatic heterocycles. The maximum absolute atomic E-state index is 8.93. The predicted molar refractivity (Wildman–Crippen MR) is 61.3 cm³/mol. The minimum absolute atomic E-state index is 0. The third-order valence-electron chi connectivity index (χ3n) is 1.53. The quantitative estimate of drug-likeness (QED) is 0.628. The highest BCUT2D eigenvalue weighted by Gasteiger charge is 2.19. The van der Waals surface area contributed by atoms with Crippen LogP contribution in [0, 0.1) is 0 Å². The smallest absolute Gasteiger partial charge is 0.0930 e. The molecule has 1 nitrogen and oxygen atoms in total. The van der Waals surface area contributed by atoms with Gasteiger partial charge in [0.1, 0.15) is 0 Å². The summed E-state index contributed by atoms with van der Waals surface area (Å²) in [7, 11) is -0.768. The van der Waals surface area contributed by atoms with E-state index in [0.29, 0.717) is 0 Å². The molecule has 0 aliphatic carbocycles. The van der Waals surface area contributed by atoms with Gasteiger partial charge in [0.2, 0.25) is 0 Å².